The number of aryl methyl sites for hydroxylation is 1. The van der Waals surface area contributed by atoms with Gasteiger partial charge in [-0.1, -0.05) is 18.2 Å². The summed E-state index contributed by atoms with van der Waals surface area (Å²) in [7, 11) is 0. The third-order valence-electron chi connectivity index (χ3n) is 3.75. The van der Waals surface area contributed by atoms with Gasteiger partial charge >= 0.3 is 6.03 Å². The maximum Gasteiger partial charge on any atom is 0.315 e. The van der Waals surface area contributed by atoms with E-state index in [0.29, 0.717) is 36.6 Å². The summed E-state index contributed by atoms with van der Waals surface area (Å²) in [5.41, 5.74) is 2.21. The Bertz CT molecular complexity index is 749. The van der Waals surface area contributed by atoms with Crippen molar-refractivity contribution in [3.05, 3.63) is 58.9 Å². The van der Waals surface area contributed by atoms with Gasteiger partial charge in [-0.05, 0) is 41.8 Å². The van der Waals surface area contributed by atoms with E-state index in [9.17, 15) is 9.18 Å². The largest absolute Gasteiger partial charge is 0.486 e. The lowest BCUT2D eigenvalue weighted by atomic mass is 10.1. The number of carbonyl (C=O) groups excluding carboxylic acids is 1. The fraction of sp³-hybridized carbons (Fsp3) is 0.278. The second-order valence-corrected chi connectivity index (χ2v) is 5.60. The zero-order chi connectivity index (χ0) is 16.9. The molecule has 2 amide bonds. The van der Waals surface area contributed by atoms with Gasteiger partial charge in [0, 0.05) is 13.1 Å². The summed E-state index contributed by atoms with van der Waals surface area (Å²) in [6.07, 6.45) is 0. The van der Waals surface area contributed by atoms with Crippen molar-refractivity contribution in [2.24, 2.45) is 0 Å². The fourth-order valence-electron chi connectivity index (χ4n) is 2.37. The predicted octanol–water partition coefficient (Wildman–Crippen LogP) is 2.90. The van der Waals surface area contributed by atoms with Crippen molar-refractivity contribution in [2.75, 3.05) is 13.2 Å². The van der Waals surface area contributed by atoms with Gasteiger partial charge in [0.25, 0.3) is 0 Å². The van der Waals surface area contributed by atoms with E-state index in [1.807, 2.05) is 18.2 Å². The SMILES string of the molecule is Cc1ccc(CNC(=O)NCc2ccc3c(c2)OCCO3)cc1F. The molecule has 1 heterocycles. The van der Waals surface area contributed by atoms with E-state index in [1.165, 1.54) is 6.07 Å². The number of urea groups is 1. The number of fused-ring (bicyclic) bond motifs is 1. The molecule has 0 saturated carbocycles. The van der Waals surface area contributed by atoms with E-state index < -0.39 is 0 Å². The smallest absolute Gasteiger partial charge is 0.315 e. The number of carbonyl (C=O) groups is 1. The highest BCUT2D eigenvalue weighted by Gasteiger charge is 2.12. The van der Waals surface area contributed by atoms with Crippen LogP contribution in [0.4, 0.5) is 9.18 Å². The van der Waals surface area contributed by atoms with Gasteiger partial charge in [0.15, 0.2) is 11.5 Å². The number of hydrogen-bond donors (Lipinski definition) is 2. The molecule has 0 bridgehead atoms. The minimum atomic E-state index is -0.314. The minimum absolute atomic E-state index is 0.268. The Morgan fingerprint density at radius 1 is 1.00 bits per heavy atom. The van der Waals surface area contributed by atoms with Crippen molar-refractivity contribution in [1.29, 1.82) is 0 Å². The van der Waals surface area contributed by atoms with Crippen LogP contribution in [0.5, 0.6) is 11.5 Å². The van der Waals surface area contributed by atoms with E-state index in [-0.39, 0.29) is 18.4 Å². The van der Waals surface area contributed by atoms with E-state index in [0.717, 1.165) is 11.3 Å². The Morgan fingerprint density at radius 2 is 1.62 bits per heavy atom. The molecular weight excluding hydrogens is 311 g/mol. The monoisotopic (exact) mass is 330 g/mol. The van der Waals surface area contributed by atoms with E-state index >= 15 is 0 Å². The molecule has 3 rings (SSSR count). The number of halogens is 1. The van der Waals surface area contributed by atoms with Crippen molar-refractivity contribution < 1.29 is 18.7 Å². The highest BCUT2D eigenvalue weighted by atomic mass is 19.1. The van der Waals surface area contributed by atoms with Gasteiger partial charge < -0.3 is 20.1 Å². The van der Waals surface area contributed by atoms with Gasteiger partial charge in [-0.3, -0.25) is 0 Å². The number of benzene rings is 2. The van der Waals surface area contributed by atoms with Crippen LogP contribution in [0.1, 0.15) is 16.7 Å². The molecule has 2 aromatic rings. The van der Waals surface area contributed by atoms with E-state index in [2.05, 4.69) is 10.6 Å². The zero-order valence-electron chi connectivity index (χ0n) is 13.4. The van der Waals surface area contributed by atoms with Crippen LogP contribution in [0, 0.1) is 12.7 Å². The first-order chi connectivity index (χ1) is 11.6. The molecular formula is C18H19FN2O3. The van der Waals surface area contributed by atoms with Gasteiger partial charge in [0.1, 0.15) is 19.0 Å². The molecule has 0 aromatic heterocycles. The molecule has 24 heavy (non-hydrogen) atoms. The summed E-state index contributed by atoms with van der Waals surface area (Å²) in [5.74, 6) is 1.14. The summed E-state index contributed by atoms with van der Waals surface area (Å²) in [4.78, 5) is 11.9. The molecule has 0 spiro atoms. The molecule has 2 aromatic carbocycles. The van der Waals surface area contributed by atoms with Crippen LogP contribution in [-0.2, 0) is 13.1 Å². The lowest BCUT2D eigenvalue weighted by Gasteiger charge is -2.19. The van der Waals surface area contributed by atoms with Crippen LogP contribution in [0.25, 0.3) is 0 Å². The van der Waals surface area contributed by atoms with Crippen LogP contribution in [0.2, 0.25) is 0 Å². The molecule has 1 aliphatic rings. The Balaban J connectivity index is 1.49. The van der Waals surface area contributed by atoms with Crippen molar-refractivity contribution in [1.82, 2.24) is 10.6 Å². The highest BCUT2D eigenvalue weighted by molar-refractivity contribution is 5.73. The third-order valence-corrected chi connectivity index (χ3v) is 3.75. The fourth-order valence-corrected chi connectivity index (χ4v) is 2.37. The van der Waals surface area contributed by atoms with Crippen molar-refractivity contribution in [2.45, 2.75) is 20.0 Å². The Morgan fingerprint density at radius 3 is 2.33 bits per heavy atom. The third kappa shape index (κ3) is 3.95. The molecule has 6 heteroatoms. The summed E-state index contributed by atoms with van der Waals surface area (Å²) in [6.45, 7) is 3.41. The van der Waals surface area contributed by atoms with Crippen molar-refractivity contribution in [3.63, 3.8) is 0 Å². The van der Waals surface area contributed by atoms with Crippen LogP contribution in [0.3, 0.4) is 0 Å². The van der Waals surface area contributed by atoms with Gasteiger partial charge in [-0.25, -0.2) is 9.18 Å². The number of amides is 2. The number of nitrogens with one attached hydrogen (secondary N) is 2. The minimum Gasteiger partial charge on any atom is -0.486 e. The number of ether oxygens (including phenoxy) is 2. The van der Waals surface area contributed by atoms with Crippen LogP contribution in [0.15, 0.2) is 36.4 Å². The molecule has 1 aliphatic heterocycles. The summed E-state index contributed by atoms with van der Waals surface area (Å²) >= 11 is 0. The normalized spacial score (nSPS) is 12.6. The maximum absolute atomic E-state index is 13.5. The molecule has 0 atom stereocenters. The summed E-state index contributed by atoms with van der Waals surface area (Å²) < 4.78 is 24.4. The van der Waals surface area contributed by atoms with E-state index in [4.69, 9.17) is 9.47 Å². The first kappa shape index (κ1) is 16.1. The van der Waals surface area contributed by atoms with Crippen molar-refractivity contribution >= 4 is 6.03 Å². The summed E-state index contributed by atoms with van der Waals surface area (Å²) in [5, 5.41) is 5.47. The Hall–Kier alpha value is -2.76. The molecule has 0 unspecified atom stereocenters. The molecule has 0 saturated heterocycles. The number of rotatable bonds is 4. The van der Waals surface area contributed by atoms with Crippen LogP contribution in [-0.4, -0.2) is 19.2 Å². The maximum atomic E-state index is 13.5. The van der Waals surface area contributed by atoms with Crippen LogP contribution < -0.4 is 20.1 Å². The molecule has 0 radical (unpaired) electrons. The first-order valence-electron chi connectivity index (χ1n) is 7.77. The Kier molecular flexibility index (Phi) is 4.84. The molecule has 126 valence electrons. The average molecular weight is 330 g/mol. The Labute approximate surface area is 139 Å². The molecule has 0 fully saturated rings. The zero-order valence-corrected chi connectivity index (χ0v) is 13.4. The topological polar surface area (TPSA) is 59.6 Å². The van der Waals surface area contributed by atoms with Gasteiger partial charge in [0.2, 0.25) is 0 Å². The predicted molar refractivity (Wildman–Crippen MR) is 87.6 cm³/mol. The van der Waals surface area contributed by atoms with Gasteiger partial charge in [-0.15, -0.1) is 0 Å². The summed E-state index contributed by atoms with van der Waals surface area (Å²) in [6, 6.07) is 10.2. The second kappa shape index (κ2) is 7.21. The molecule has 0 aliphatic carbocycles. The number of hydrogen-bond acceptors (Lipinski definition) is 3. The lowest BCUT2D eigenvalue weighted by molar-refractivity contribution is 0.171. The first-order valence-corrected chi connectivity index (χ1v) is 7.77. The lowest BCUT2D eigenvalue weighted by Crippen LogP contribution is -2.34. The average Bonchev–Trinajstić information content (AvgIpc) is 2.60. The van der Waals surface area contributed by atoms with Gasteiger partial charge in [0.05, 0.1) is 0 Å². The van der Waals surface area contributed by atoms with Crippen molar-refractivity contribution in [3.8, 4) is 11.5 Å². The second-order valence-electron chi connectivity index (χ2n) is 5.60. The van der Waals surface area contributed by atoms with E-state index in [1.54, 1.807) is 19.1 Å². The quantitative estimate of drug-likeness (QED) is 0.906. The molecule has 5 nitrogen and oxygen atoms in total. The highest BCUT2D eigenvalue weighted by Crippen LogP contribution is 2.30. The standard InChI is InChI=1S/C18H19FN2O3/c1-12-2-3-13(8-15(12)19)10-20-18(22)21-11-14-4-5-16-17(9-14)24-7-6-23-16/h2-5,8-9H,6-7,10-11H2,1H3,(H2,20,21,22). The molecule has 2 N–H and O–H groups in total. The van der Waals surface area contributed by atoms with Gasteiger partial charge in [-0.2, -0.15) is 0 Å². The van der Waals surface area contributed by atoms with Crippen LogP contribution >= 0.6 is 0 Å².